The van der Waals surface area contributed by atoms with Crippen LogP contribution in [-0.4, -0.2) is 11.6 Å². The molecule has 3 heteroatoms. The second-order valence-corrected chi connectivity index (χ2v) is 8.23. The molecule has 5 aromatic rings. The normalized spacial score (nSPS) is 13.0. The van der Waals surface area contributed by atoms with E-state index in [2.05, 4.69) is 108 Å². The summed E-state index contributed by atoms with van der Waals surface area (Å²) in [6.07, 6.45) is 0. The van der Waals surface area contributed by atoms with Crippen molar-refractivity contribution in [1.29, 1.82) is 0 Å². The summed E-state index contributed by atoms with van der Waals surface area (Å²) < 4.78 is 2.38. The zero-order valence-electron chi connectivity index (χ0n) is 15.5. The van der Waals surface area contributed by atoms with Crippen molar-refractivity contribution in [1.82, 2.24) is 4.57 Å². The zero-order chi connectivity index (χ0) is 18.7. The molecule has 134 valence electrons. The van der Waals surface area contributed by atoms with Crippen molar-refractivity contribution < 1.29 is 0 Å². The lowest BCUT2D eigenvalue weighted by atomic mass is 10.2. The molecule has 1 aliphatic heterocycles. The second kappa shape index (κ2) is 5.91. The van der Waals surface area contributed by atoms with Gasteiger partial charge in [0.15, 0.2) is 0 Å². The highest BCUT2D eigenvalue weighted by Crippen LogP contribution is 2.48. The van der Waals surface area contributed by atoms with Gasteiger partial charge in [-0.2, -0.15) is 0 Å². The molecule has 0 aliphatic carbocycles. The average Bonchev–Trinajstić information content (AvgIpc) is 3.08. The summed E-state index contributed by atoms with van der Waals surface area (Å²) in [6.45, 7) is 0. The minimum atomic E-state index is 1.20. The molecule has 1 aromatic heterocycles. The number of hydrogen-bond acceptors (Lipinski definition) is 2. The van der Waals surface area contributed by atoms with Gasteiger partial charge in [0, 0.05) is 33.3 Å². The molecule has 2 nitrogen and oxygen atoms in total. The highest BCUT2D eigenvalue weighted by atomic mass is 32.2. The number of hydrogen-bond donors (Lipinski definition) is 0. The Morgan fingerprint density at radius 1 is 0.607 bits per heavy atom. The minimum Gasteiger partial charge on any atom is -0.343 e. The molecule has 0 spiro atoms. The van der Waals surface area contributed by atoms with Crippen LogP contribution in [0.3, 0.4) is 0 Å². The van der Waals surface area contributed by atoms with Crippen molar-refractivity contribution in [2.75, 3.05) is 11.9 Å². The Morgan fingerprint density at radius 3 is 1.96 bits per heavy atom. The van der Waals surface area contributed by atoms with Gasteiger partial charge in [0.05, 0.1) is 22.4 Å². The average molecular weight is 379 g/mol. The molecule has 2 heterocycles. The number of fused-ring (bicyclic) bond motifs is 5. The van der Waals surface area contributed by atoms with E-state index in [0.717, 1.165) is 0 Å². The number of anilines is 2. The molecule has 0 bridgehead atoms. The summed E-state index contributed by atoms with van der Waals surface area (Å²) in [6, 6.07) is 32.7. The molecule has 1 aliphatic rings. The number of nitrogens with zero attached hydrogens (tertiary/aromatic N) is 2. The Hall–Kier alpha value is -3.17. The highest BCUT2D eigenvalue weighted by Gasteiger charge is 2.21. The number of aromatic nitrogens is 1. The standard InChI is InChI=1S/C25H18N2S/c1-26-22-12-6-7-13-24(22)28-25-15-14-17(16-23(25)26)27-20-10-4-2-8-18(20)19-9-3-5-11-21(19)27/h2-16H,1H3. The van der Waals surface area contributed by atoms with E-state index in [1.54, 1.807) is 0 Å². The number of benzene rings is 4. The van der Waals surface area contributed by atoms with Crippen LogP contribution in [0.15, 0.2) is 101 Å². The molecule has 0 saturated carbocycles. The van der Waals surface area contributed by atoms with Crippen molar-refractivity contribution in [2.45, 2.75) is 9.79 Å². The van der Waals surface area contributed by atoms with Crippen LogP contribution in [0.2, 0.25) is 0 Å². The Labute approximate surface area is 168 Å². The molecule has 0 saturated heterocycles. The summed E-state index contributed by atoms with van der Waals surface area (Å²) in [7, 11) is 2.16. The molecule has 6 rings (SSSR count). The Kier molecular flexibility index (Phi) is 3.35. The fraction of sp³-hybridized carbons (Fsp3) is 0.0400. The predicted octanol–water partition coefficient (Wildman–Crippen LogP) is 7.02. The van der Waals surface area contributed by atoms with Gasteiger partial charge in [0.25, 0.3) is 0 Å². The van der Waals surface area contributed by atoms with Gasteiger partial charge < -0.3 is 9.47 Å². The molecule has 0 atom stereocenters. The van der Waals surface area contributed by atoms with Crippen LogP contribution >= 0.6 is 11.8 Å². The third-order valence-electron chi connectivity index (χ3n) is 5.59. The summed E-state index contributed by atoms with van der Waals surface area (Å²) in [5.74, 6) is 0. The van der Waals surface area contributed by atoms with Gasteiger partial charge in [-0.05, 0) is 42.5 Å². The van der Waals surface area contributed by atoms with Crippen LogP contribution in [-0.2, 0) is 0 Å². The SMILES string of the molecule is CN1c2ccccc2Sc2ccc(-n3c4ccccc4c4ccccc43)cc21. The first-order chi connectivity index (χ1) is 13.8. The molecule has 0 radical (unpaired) electrons. The van der Waals surface area contributed by atoms with Gasteiger partial charge in [0.2, 0.25) is 0 Å². The van der Waals surface area contributed by atoms with Crippen LogP contribution in [0.5, 0.6) is 0 Å². The van der Waals surface area contributed by atoms with E-state index < -0.39 is 0 Å². The topological polar surface area (TPSA) is 8.17 Å². The first-order valence-electron chi connectivity index (χ1n) is 9.44. The second-order valence-electron chi connectivity index (χ2n) is 7.15. The fourth-order valence-corrected chi connectivity index (χ4v) is 5.39. The van der Waals surface area contributed by atoms with Crippen molar-refractivity contribution in [2.24, 2.45) is 0 Å². The summed E-state index contributed by atoms with van der Waals surface area (Å²) in [5, 5.41) is 2.59. The van der Waals surface area contributed by atoms with E-state index >= 15 is 0 Å². The molecular weight excluding hydrogens is 360 g/mol. The van der Waals surface area contributed by atoms with Crippen molar-refractivity contribution in [3.8, 4) is 5.69 Å². The number of para-hydroxylation sites is 3. The molecule has 0 amide bonds. The van der Waals surface area contributed by atoms with Gasteiger partial charge in [-0.1, -0.05) is 60.3 Å². The van der Waals surface area contributed by atoms with Crippen LogP contribution in [0.25, 0.3) is 27.5 Å². The molecule has 0 N–H and O–H groups in total. The maximum absolute atomic E-state index is 2.38. The largest absolute Gasteiger partial charge is 0.343 e. The van der Waals surface area contributed by atoms with E-state index in [1.165, 1.54) is 48.7 Å². The van der Waals surface area contributed by atoms with E-state index in [4.69, 9.17) is 0 Å². The van der Waals surface area contributed by atoms with Gasteiger partial charge in [-0.15, -0.1) is 0 Å². The predicted molar refractivity (Wildman–Crippen MR) is 119 cm³/mol. The van der Waals surface area contributed by atoms with E-state index in [9.17, 15) is 0 Å². The first-order valence-corrected chi connectivity index (χ1v) is 10.3. The van der Waals surface area contributed by atoms with Crippen LogP contribution < -0.4 is 4.90 Å². The van der Waals surface area contributed by atoms with Crippen molar-refractivity contribution >= 4 is 44.9 Å². The Morgan fingerprint density at radius 2 is 1.21 bits per heavy atom. The third kappa shape index (κ3) is 2.17. The summed E-state index contributed by atoms with van der Waals surface area (Å²) in [5.41, 5.74) is 6.20. The van der Waals surface area contributed by atoms with Gasteiger partial charge >= 0.3 is 0 Å². The van der Waals surface area contributed by atoms with Crippen LogP contribution in [0.1, 0.15) is 0 Å². The quantitative estimate of drug-likeness (QED) is 0.310. The molecule has 4 aromatic carbocycles. The summed E-state index contributed by atoms with van der Waals surface area (Å²) in [4.78, 5) is 4.91. The van der Waals surface area contributed by atoms with E-state index in [-0.39, 0.29) is 0 Å². The fourth-order valence-electron chi connectivity index (χ4n) is 4.26. The molecular formula is C25H18N2S. The zero-order valence-corrected chi connectivity index (χ0v) is 16.3. The van der Waals surface area contributed by atoms with Crippen molar-refractivity contribution in [3.63, 3.8) is 0 Å². The molecule has 0 unspecified atom stereocenters. The lowest BCUT2D eigenvalue weighted by molar-refractivity contribution is 1.09. The maximum Gasteiger partial charge on any atom is 0.0571 e. The van der Waals surface area contributed by atoms with E-state index in [0.29, 0.717) is 0 Å². The number of rotatable bonds is 1. The molecule has 0 fully saturated rings. The lowest BCUT2D eigenvalue weighted by Gasteiger charge is -2.30. The van der Waals surface area contributed by atoms with Crippen LogP contribution in [0, 0.1) is 0 Å². The smallest absolute Gasteiger partial charge is 0.0571 e. The first kappa shape index (κ1) is 15.8. The third-order valence-corrected chi connectivity index (χ3v) is 6.72. The summed E-state index contributed by atoms with van der Waals surface area (Å²) >= 11 is 1.85. The van der Waals surface area contributed by atoms with Crippen molar-refractivity contribution in [3.05, 3.63) is 91.0 Å². The Balaban J connectivity index is 1.61. The van der Waals surface area contributed by atoms with Gasteiger partial charge in [-0.25, -0.2) is 0 Å². The minimum absolute atomic E-state index is 1.20. The maximum atomic E-state index is 2.38. The van der Waals surface area contributed by atoms with E-state index in [1.807, 2.05) is 11.8 Å². The highest BCUT2D eigenvalue weighted by molar-refractivity contribution is 7.99. The monoisotopic (exact) mass is 378 g/mol. The van der Waals surface area contributed by atoms with Gasteiger partial charge in [-0.3, -0.25) is 0 Å². The van der Waals surface area contributed by atoms with Crippen LogP contribution in [0.4, 0.5) is 11.4 Å². The van der Waals surface area contributed by atoms with Gasteiger partial charge in [0.1, 0.15) is 0 Å². The lowest BCUT2D eigenvalue weighted by Crippen LogP contribution is -2.14. The Bertz CT molecular complexity index is 1310. The molecule has 28 heavy (non-hydrogen) atoms.